The maximum atomic E-state index is 12.4. The number of anilines is 2. The van der Waals surface area contributed by atoms with Gasteiger partial charge in [0.25, 0.3) is 11.6 Å². The van der Waals surface area contributed by atoms with Gasteiger partial charge >= 0.3 is 0 Å². The summed E-state index contributed by atoms with van der Waals surface area (Å²) in [6, 6.07) is 11.1. The molecule has 0 radical (unpaired) electrons. The normalized spacial score (nSPS) is 13.5. The average molecular weight is 418 g/mol. The first kappa shape index (κ1) is 20.6. The molecule has 0 aliphatic carbocycles. The summed E-state index contributed by atoms with van der Waals surface area (Å²) in [5.74, 6) is -0.241. The van der Waals surface area contributed by atoms with Gasteiger partial charge in [0.2, 0.25) is 10.0 Å². The van der Waals surface area contributed by atoms with E-state index in [0.29, 0.717) is 37.3 Å². The van der Waals surface area contributed by atoms with Crippen molar-refractivity contribution in [3.05, 3.63) is 63.7 Å². The van der Waals surface area contributed by atoms with Crippen LogP contribution in [0.25, 0.3) is 0 Å². The second kappa shape index (κ2) is 8.48. The molecule has 9 nitrogen and oxygen atoms in total. The van der Waals surface area contributed by atoms with Gasteiger partial charge in [0, 0.05) is 43.0 Å². The van der Waals surface area contributed by atoms with Crippen LogP contribution in [0.5, 0.6) is 0 Å². The molecule has 0 aromatic heterocycles. The number of amides is 1. The van der Waals surface area contributed by atoms with E-state index in [2.05, 4.69) is 10.6 Å². The van der Waals surface area contributed by atoms with Crippen molar-refractivity contribution in [2.24, 2.45) is 0 Å². The number of hydrogen-bond acceptors (Lipinski definition) is 6. The Bertz CT molecular complexity index is 1020. The summed E-state index contributed by atoms with van der Waals surface area (Å²) in [6.07, 6.45) is 2.62. The van der Waals surface area contributed by atoms with E-state index in [0.717, 1.165) is 17.7 Å². The van der Waals surface area contributed by atoms with Gasteiger partial charge in [-0.25, -0.2) is 8.42 Å². The van der Waals surface area contributed by atoms with Gasteiger partial charge in [-0.2, -0.15) is 0 Å². The van der Waals surface area contributed by atoms with Gasteiger partial charge in [-0.1, -0.05) is 0 Å². The van der Waals surface area contributed by atoms with Crippen LogP contribution in [0.4, 0.5) is 17.1 Å². The van der Waals surface area contributed by atoms with Crippen molar-refractivity contribution in [1.82, 2.24) is 5.32 Å². The number of sulfonamides is 1. The molecule has 0 spiro atoms. The third-order valence-corrected chi connectivity index (χ3v) is 5.82. The minimum Gasteiger partial charge on any atom is -0.383 e. The highest BCUT2D eigenvalue weighted by atomic mass is 32.2. The van der Waals surface area contributed by atoms with Crippen molar-refractivity contribution in [3.63, 3.8) is 0 Å². The second-order valence-corrected chi connectivity index (χ2v) is 8.68. The molecule has 0 atom stereocenters. The lowest BCUT2D eigenvalue weighted by Gasteiger charge is -2.29. The van der Waals surface area contributed by atoms with Gasteiger partial charge in [-0.3, -0.25) is 19.2 Å². The molecule has 1 amide bonds. The van der Waals surface area contributed by atoms with Crippen LogP contribution in [0, 0.1) is 10.1 Å². The van der Waals surface area contributed by atoms with Crippen LogP contribution in [0.15, 0.2) is 42.5 Å². The predicted octanol–water partition coefficient (Wildman–Crippen LogP) is 2.15. The van der Waals surface area contributed by atoms with Crippen molar-refractivity contribution in [1.29, 1.82) is 0 Å². The quantitative estimate of drug-likeness (QED) is 0.404. The molecule has 0 unspecified atom stereocenters. The van der Waals surface area contributed by atoms with E-state index in [-0.39, 0.29) is 11.6 Å². The van der Waals surface area contributed by atoms with Crippen molar-refractivity contribution < 1.29 is 18.1 Å². The average Bonchev–Trinajstić information content (AvgIpc) is 2.69. The van der Waals surface area contributed by atoms with E-state index in [1.54, 1.807) is 30.3 Å². The molecule has 1 heterocycles. The van der Waals surface area contributed by atoms with Crippen LogP contribution in [0.1, 0.15) is 22.3 Å². The molecule has 0 fully saturated rings. The number of hydrogen-bond donors (Lipinski definition) is 2. The number of fused-ring (bicyclic) bond motifs is 1. The van der Waals surface area contributed by atoms with Gasteiger partial charge in [-0.15, -0.1) is 0 Å². The second-order valence-electron chi connectivity index (χ2n) is 6.77. The van der Waals surface area contributed by atoms with Crippen LogP contribution in [0.2, 0.25) is 0 Å². The van der Waals surface area contributed by atoms with Crippen LogP contribution >= 0.6 is 0 Å². The Balaban J connectivity index is 1.55. The number of carbonyl (C=O) groups excluding carboxylic acids is 1. The van der Waals surface area contributed by atoms with Gasteiger partial charge in [-0.05, 0) is 48.7 Å². The summed E-state index contributed by atoms with van der Waals surface area (Å²) in [4.78, 5) is 22.6. The molecular formula is C19H22N4O5S. The maximum absolute atomic E-state index is 12.4. The Hall–Kier alpha value is -3.14. The maximum Gasteiger partial charge on any atom is 0.269 e. The molecule has 2 N–H and O–H groups in total. The molecule has 3 rings (SSSR count). The molecule has 2 aromatic rings. The number of carbonyl (C=O) groups is 1. The Morgan fingerprint density at radius 2 is 1.90 bits per heavy atom. The van der Waals surface area contributed by atoms with E-state index in [9.17, 15) is 23.3 Å². The summed E-state index contributed by atoms with van der Waals surface area (Å²) >= 11 is 0. The fourth-order valence-electron chi connectivity index (χ4n) is 3.23. The molecule has 1 aliphatic heterocycles. The fraction of sp³-hybridized carbons (Fsp3) is 0.316. The Morgan fingerprint density at radius 1 is 1.17 bits per heavy atom. The zero-order valence-electron chi connectivity index (χ0n) is 15.9. The number of nitrogens with one attached hydrogen (secondary N) is 2. The van der Waals surface area contributed by atoms with E-state index in [4.69, 9.17) is 0 Å². The summed E-state index contributed by atoms with van der Waals surface area (Å²) in [5, 5.41) is 16.5. The summed E-state index contributed by atoms with van der Waals surface area (Å²) in [7, 11) is -3.34. The number of non-ortho nitro benzene ring substituents is 1. The molecule has 0 bridgehead atoms. The molecule has 154 valence electrons. The number of rotatable bonds is 7. The standard InChI is InChI=1S/C19H22N4O5S/c1-29(27,28)22-12-2-3-14-13-15(4-9-18(14)22)19(24)21-11-10-20-16-5-7-17(8-6-16)23(25)26/h4-9,13,20H,2-3,10-12H2,1H3,(H,21,24). The highest BCUT2D eigenvalue weighted by molar-refractivity contribution is 7.92. The van der Waals surface area contributed by atoms with Crippen LogP contribution in [-0.2, 0) is 16.4 Å². The molecule has 29 heavy (non-hydrogen) atoms. The Morgan fingerprint density at radius 3 is 2.55 bits per heavy atom. The summed E-state index contributed by atoms with van der Waals surface area (Å²) in [6.45, 7) is 1.27. The zero-order valence-corrected chi connectivity index (χ0v) is 16.7. The molecule has 2 aromatic carbocycles. The van der Waals surface area contributed by atoms with Gasteiger partial charge in [0.05, 0.1) is 16.9 Å². The molecular weight excluding hydrogens is 396 g/mol. The molecule has 10 heteroatoms. The SMILES string of the molecule is CS(=O)(=O)N1CCCc2cc(C(=O)NCCNc3ccc([N+](=O)[O-])cc3)ccc21. The summed E-state index contributed by atoms with van der Waals surface area (Å²) < 4.78 is 25.2. The van der Waals surface area contributed by atoms with E-state index in [1.807, 2.05) is 0 Å². The fourth-order valence-corrected chi connectivity index (χ4v) is 4.23. The first-order chi connectivity index (χ1) is 13.8. The van der Waals surface area contributed by atoms with E-state index in [1.165, 1.54) is 22.7 Å². The lowest BCUT2D eigenvalue weighted by Crippen LogP contribution is -2.35. The van der Waals surface area contributed by atoms with Crippen molar-refractivity contribution in [3.8, 4) is 0 Å². The lowest BCUT2D eigenvalue weighted by molar-refractivity contribution is -0.384. The smallest absolute Gasteiger partial charge is 0.269 e. The third kappa shape index (κ3) is 5.02. The minimum absolute atomic E-state index is 0.0192. The monoisotopic (exact) mass is 418 g/mol. The first-order valence-electron chi connectivity index (χ1n) is 9.13. The van der Waals surface area contributed by atoms with Gasteiger partial charge in [0.1, 0.15) is 0 Å². The van der Waals surface area contributed by atoms with Crippen molar-refractivity contribution in [2.75, 3.05) is 35.5 Å². The van der Waals surface area contributed by atoms with Gasteiger partial charge < -0.3 is 10.6 Å². The predicted molar refractivity (Wildman–Crippen MR) is 111 cm³/mol. The third-order valence-electron chi connectivity index (χ3n) is 4.64. The zero-order chi connectivity index (χ0) is 21.0. The Kier molecular flexibility index (Phi) is 6.02. The number of aryl methyl sites for hydroxylation is 1. The molecule has 1 aliphatic rings. The number of nitro benzene ring substituents is 1. The number of benzene rings is 2. The Labute approximate surface area is 168 Å². The highest BCUT2D eigenvalue weighted by Crippen LogP contribution is 2.29. The number of nitrogens with zero attached hydrogens (tertiary/aromatic N) is 2. The van der Waals surface area contributed by atoms with Crippen LogP contribution in [0.3, 0.4) is 0 Å². The lowest BCUT2D eigenvalue weighted by atomic mass is 10.0. The number of nitro groups is 1. The van der Waals surface area contributed by atoms with E-state index >= 15 is 0 Å². The molecule has 0 saturated heterocycles. The van der Waals surface area contributed by atoms with Crippen LogP contribution in [-0.4, -0.2) is 45.1 Å². The first-order valence-corrected chi connectivity index (χ1v) is 11.0. The van der Waals surface area contributed by atoms with Crippen molar-refractivity contribution >= 4 is 33.0 Å². The largest absolute Gasteiger partial charge is 0.383 e. The highest BCUT2D eigenvalue weighted by Gasteiger charge is 2.24. The molecule has 0 saturated carbocycles. The minimum atomic E-state index is -3.34. The van der Waals surface area contributed by atoms with Crippen molar-refractivity contribution in [2.45, 2.75) is 12.8 Å². The topological polar surface area (TPSA) is 122 Å². The van der Waals surface area contributed by atoms with E-state index < -0.39 is 14.9 Å². The van der Waals surface area contributed by atoms with Crippen LogP contribution < -0.4 is 14.9 Å². The van der Waals surface area contributed by atoms with Gasteiger partial charge in [0.15, 0.2) is 0 Å². The summed E-state index contributed by atoms with van der Waals surface area (Å²) in [5.41, 5.74) is 2.70.